The molecule has 0 radical (unpaired) electrons. The Morgan fingerprint density at radius 1 is 1.22 bits per heavy atom. The van der Waals surface area contributed by atoms with Crippen LogP contribution in [-0.4, -0.2) is 56.6 Å². The first-order valence-electron chi connectivity index (χ1n) is 10.4. The van der Waals surface area contributed by atoms with Crippen molar-refractivity contribution >= 4 is 5.69 Å². The molecular formula is C22H36FN2O2+. The van der Waals surface area contributed by atoms with Crippen LogP contribution in [0.15, 0.2) is 24.3 Å². The molecule has 2 fully saturated rings. The SMILES string of the molecule is C[C@H]1C[C@H](OC[C@H](O)C[NH+]2CCN(c3ccc(F)cc3)CC2)CC(C)(C)C1. The topological polar surface area (TPSA) is 37.1 Å². The van der Waals surface area contributed by atoms with Crippen molar-refractivity contribution < 1.29 is 19.1 Å². The predicted octanol–water partition coefficient (Wildman–Crippen LogP) is 2.12. The van der Waals surface area contributed by atoms with Crippen LogP contribution in [0.5, 0.6) is 0 Å². The van der Waals surface area contributed by atoms with Gasteiger partial charge in [0.15, 0.2) is 0 Å². The number of nitrogens with zero attached hydrogens (tertiary/aromatic N) is 1. The van der Waals surface area contributed by atoms with Gasteiger partial charge in [0.25, 0.3) is 0 Å². The van der Waals surface area contributed by atoms with Crippen molar-refractivity contribution in [2.24, 2.45) is 11.3 Å². The van der Waals surface area contributed by atoms with E-state index in [1.807, 2.05) is 12.1 Å². The number of nitrogens with one attached hydrogen (secondary N) is 1. The van der Waals surface area contributed by atoms with Gasteiger partial charge < -0.3 is 19.6 Å². The molecule has 3 rings (SSSR count). The number of rotatable bonds is 6. The van der Waals surface area contributed by atoms with E-state index in [9.17, 15) is 9.50 Å². The third-order valence-electron chi connectivity index (χ3n) is 6.06. The molecule has 1 aliphatic carbocycles. The number of aliphatic hydroxyl groups is 1. The Balaban J connectivity index is 1.38. The summed E-state index contributed by atoms with van der Waals surface area (Å²) in [5, 5.41) is 10.4. The molecule has 27 heavy (non-hydrogen) atoms. The molecule has 1 aliphatic heterocycles. The molecule has 5 heteroatoms. The van der Waals surface area contributed by atoms with E-state index in [4.69, 9.17) is 4.74 Å². The molecule has 1 saturated heterocycles. The Kier molecular flexibility index (Phi) is 6.77. The summed E-state index contributed by atoms with van der Waals surface area (Å²) in [6, 6.07) is 6.72. The highest BCUT2D eigenvalue weighted by Gasteiger charge is 2.33. The summed E-state index contributed by atoms with van der Waals surface area (Å²) in [4.78, 5) is 3.71. The van der Waals surface area contributed by atoms with Crippen molar-refractivity contribution in [2.45, 2.75) is 52.2 Å². The highest BCUT2D eigenvalue weighted by Crippen LogP contribution is 2.39. The Labute approximate surface area is 163 Å². The fraction of sp³-hybridized carbons (Fsp3) is 0.727. The summed E-state index contributed by atoms with van der Waals surface area (Å²) in [5.41, 5.74) is 1.42. The molecule has 3 atom stereocenters. The van der Waals surface area contributed by atoms with Crippen LogP contribution in [0.25, 0.3) is 0 Å². The van der Waals surface area contributed by atoms with Crippen LogP contribution < -0.4 is 9.80 Å². The second kappa shape index (κ2) is 8.89. The van der Waals surface area contributed by atoms with Crippen LogP contribution in [-0.2, 0) is 4.74 Å². The van der Waals surface area contributed by atoms with Gasteiger partial charge in [-0.15, -0.1) is 0 Å². The smallest absolute Gasteiger partial charge is 0.126 e. The first-order valence-corrected chi connectivity index (χ1v) is 10.4. The summed E-state index contributed by atoms with van der Waals surface area (Å²) in [6.07, 6.45) is 3.34. The van der Waals surface area contributed by atoms with Gasteiger partial charge in [0, 0.05) is 5.69 Å². The van der Waals surface area contributed by atoms with Gasteiger partial charge in [0.1, 0.15) is 18.5 Å². The van der Waals surface area contributed by atoms with Crippen LogP contribution >= 0.6 is 0 Å². The Bertz CT molecular complexity index is 584. The van der Waals surface area contributed by atoms with E-state index < -0.39 is 6.10 Å². The third kappa shape index (κ3) is 6.16. The summed E-state index contributed by atoms with van der Waals surface area (Å²) in [7, 11) is 0. The molecule has 2 aliphatic rings. The molecule has 152 valence electrons. The van der Waals surface area contributed by atoms with Crippen molar-refractivity contribution in [1.29, 1.82) is 0 Å². The molecule has 0 aromatic heterocycles. The zero-order valence-electron chi connectivity index (χ0n) is 17.1. The van der Waals surface area contributed by atoms with Gasteiger partial charge >= 0.3 is 0 Å². The van der Waals surface area contributed by atoms with Crippen LogP contribution in [0.1, 0.15) is 40.0 Å². The van der Waals surface area contributed by atoms with Gasteiger partial charge in [0.05, 0.1) is 38.9 Å². The molecule has 4 nitrogen and oxygen atoms in total. The van der Waals surface area contributed by atoms with Crippen molar-refractivity contribution in [3.63, 3.8) is 0 Å². The van der Waals surface area contributed by atoms with E-state index in [2.05, 4.69) is 25.7 Å². The first kappa shape index (κ1) is 20.6. The average molecular weight is 380 g/mol. The third-order valence-corrected chi connectivity index (χ3v) is 6.06. The summed E-state index contributed by atoms with van der Waals surface area (Å²) in [6.45, 7) is 12.0. The lowest BCUT2D eigenvalue weighted by Crippen LogP contribution is -3.16. The zero-order valence-corrected chi connectivity index (χ0v) is 17.1. The minimum atomic E-state index is -0.405. The van der Waals surface area contributed by atoms with Gasteiger partial charge in [-0.05, 0) is 54.9 Å². The molecule has 1 aromatic rings. The van der Waals surface area contributed by atoms with Crippen molar-refractivity contribution in [3.8, 4) is 0 Å². The van der Waals surface area contributed by atoms with E-state index in [0.717, 1.165) is 51.3 Å². The molecule has 0 unspecified atom stereocenters. The number of aliphatic hydroxyl groups excluding tert-OH is 1. The number of anilines is 1. The molecule has 1 heterocycles. The summed E-state index contributed by atoms with van der Waals surface area (Å²) < 4.78 is 19.2. The van der Waals surface area contributed by atoms with Crippen LogP contribution in [0.3, 0.4) is 0 Å². The van der Waals surface area contributed by atoms with Gasteiger partial charge in [0.2, 0.25) is 0 Å². The Morgan fingerprint density at radius 3 is 2.52 bits per heavy atom. The average Bonchev–Trinajstić information content (AvgIpc) is 2.60. The van der Waals surface area contributed by atoms with E-state index in [1.165, 1.54) is 23.5 Å². The second-order valence-electron chi connectivity index (χ2n) is 9.44. The minimum absolute atomic E-state index is 0.193. The fourth-order valence-corrected chi connectivity index (χ4v) is 4.96. The Hall–Kier alpha value is -1.17. The Morgan fingerprint density at radius 2 is 1.89 bits per heavy atom. The normalized spacial score (nSPS) is 27.5. The monoisotopic (exact) mass is 379 g/mol. The highest BCUT2D eigenvalue weighted by molar-refractivity contribution is 5.46. The number of halogens is 1. The maximum atomic E-state index is 13.1. The largest absolute Gasteiger partial charge is 0.385 e. The maximum Gasteiger partial charge on any atom is 0.126 e. The zero-order chi connectivity index (χ0) is 19.4. The number of benzene rings is 1. The molecule has 0 spiro atoms. The van der Waals surface area contributed by atoms with Crippen molar-refractivity contribution in [1.82, 2.24) is 0 Å². The lowest BCUT2D eigenvalue weighted by molar-refractivity contribution is -0.903. The van der Waals surface area contributed by atoms with Gasteiger partial charge in [-0.3, -0.25) is 0 Å². The highest BCUT2D eigenvalue weighted by atomic mass is 19.1. The van der Waals surface area contributed by atoms with Crippen LogP contribution in [0, 0.1) is 17.2 Å². The quantitative estimate of drug-likeness (QED) is 0.795. The molecule has 1 aromatic carbocycles. The van der Waals surface area contributed by atoms with E-state index in [-0.39, 0.29) is 11.9 Å². The molecule has 1 saturated carbocycles. The molecular weight excluding hydrogens is 343 g/mol. The minimum Gasteiger partial charge on any atom is -0.385 e. The van der Waals surface area contributed by atoms with Crippen LogP contribution in [0.4, 0.5) is 10.1 Å². The van der Waals surface area contributed by atoms with Crippen LogP contribution in [0.2, 0.25) is 0 Å². The summed E-state index contributed by atoms with van der Waals surface area (Å²) in [5.74, 6) is 0.503. The molecule has 0 bridgehead atoms. The van der Waals surface area contributed by atoms with Gasteiger partial charge in [-0.1, -0.05) is 20.8 Å². The van der Waals surface area contributed by atoms with Gasteiger partial charge in [-0.2, -0.15) is 0 Å². The molecule has 2 N–H and O–H groups in total. The molecule has 0 amide bonds. The van der Waals surface area contributed by atoms with E-state index in [0.29, 0.717) is 17.9 Å². The number of ether oxygens (including phenoxy) is 1. The van der Waals surface area contributed by atoms with E-state index >= 15 is 0 Å². The summed E-state index contributed by atoms with van der Waals surface area (Å²) >= 11 is 0. The number of piperazine rings is 1. The van der Waals surface area contributed by atoms with Crippen molar-refractivity contribution in [2.75, 3.05) is 44.2 Å². The lowest BCUT2D eigenvalue weighted by atomic mass is 9.71. The van der Waals surface area contributed by atoms with Gasteiger partial charge in [-0.25, -0.2) is 4.39 Å². The van der Waals surface area contributed by atoms with Crippen molar-refractivity contribution in [3.05, 3.63) is 30.1 Å². The maximum absolute atomic E-state index is 13.1. The fourth-order valence-electron chi connectivity index (χ4n) is 4.96. The predicted molar refractivity (Wildman–Crippen MR) is 107 cm³/mol. The second-order valence-corrected chi connectivity index (χ2v) is 9.44. The van der Waals surface area contributed by atoms with E-state index in [1.54, 1.807) is 0 Å². The lowest BCUT2D eigenvalue weighted by Gasteiger charge is -2.39. The number of hydrogen-bond acceptors (Lipinski definition) is 3. The number of hydrogen-bond donors (Lipinski definition) is 2. The standard InChI is InChI=1S/C22H35FN2O2/c1-17-12-21(14-22(2,3)13-17)27-16-20(26)15-24-8-10-25(11-9-24)19-6-4-18(23)5-7-19/h4-7,17,20-21,26H,8-16H2,1-3H3/p+1/t17-,20+,21-/m0/s1. The number of quaternary nitrogens is 1. The first-order chi connectivity index (χ1) is 12.8.